The number of anilines is 1. The molecule has 8 heteroatoms. The number of carboxylic acids is 1. The van der Waals surface area contributed by atoms with E-state index in [0.29, 0.717) is 16.9 Å². The molecule has 1 atom stereocenters. The third-order valence-corrected chi connectivity index (χ3v) is 4.13. The van der Waals surface area contributed by atoms with E-state index >= 15 is 0 Å². The molecule has 1 aromatic carbocycles. The van der Waals surface area contributed by atoms with Gasteiger partial charge >= 0.3 is 5.97 Å². The minimum atomic E-state index is -1.11. The molecule has 3 N–H and O–H groups in total. The number of aliphatic carboxylic acids is 1. The quantitative estimate of drug-likeness (QED) is 0.768. The summed E-state index contributed by atoms with van der Waals surface area (Å²) in [7, 11) is 0. The first kappa shape index (κ1) is 17.6. The summed E-state index contributed by atoms with van der Waals surface area (Å²) in [5.74, 6) is -1.91. The summed E-state index contributed by atoms with van der Waals surface area (Å²) in [4.78, 5) is 39.8. The number of benzene rings is 1. The zero-order valence-corrected chi connectivity index (χ0v) is 14.2. The summed E-state index contributed by atoms with van der Waals surface area (Å²) < 4.78 is 0. The lowest BCUT2D eigenvalue weighted by Gasteiger charge is -2.10. The summed E-state index contributed by atoms with van der Waals surface area (Å²) in [5, 5.41) is 14.7. The first-order chi connectivity index (χ1) is 11.3. The number of hydrogen-bond acceptors (Lipinski definition) is 5. The van der Waals surface area contributed by atoms with E-state index in [4.69, 9.17) is 5.11 Å². The predicted molar refractivity (Wildman–Crippen MR) is 90.5 cm³/mol. The van der Waals surface area contributed by atoms with Crippen LogP contribution in [-0.2, 0) is 4.79 Å². The summed E-state index contributed by atoms with van der Waals surface area (Å²) in [6.07, 6.45) is 0. The van der Waals surface area contributed by atoms with Crippen molar-refractivity contribution in [3.8, 4) is 0 Å². The van der Waals surface area contributed by atoms with Crippen LogP contribution in [0.4, 0.5) is 5.69 Å². The molecule has 0 aliphatic rings. The minimum absolute atomic E-state index is 0.307. The number of amides is 2. The fourth-order valence-corrected chi connectivity index (χ4v) is 2.79. The van der Waals surface area contributed by atoms with E-state index in [1.54, 1.807) is 12.1 Å². The highest BCUT2D eigenvalue weighted by Crippen LogP contribution is 2.18. The topological polar surface area (TPSA) is 108 Å². The Morgan fingerprint density at radius 1 is 1.12 bits per heavy atom. The molecular weight excluding hydrogens is 330 g/mol. The number of carboxylic acid groups (broad SMARTS) is 1. The van der Waals surface area contributed by atoms with Crippen LogP contribution < -0.4 is 10.6 Å². The number of thiazole rings is 1. The molecule has 2 amide bonds. The fourth-order valence-electron chi connectivity index (χ4n) is 1.98. The molecule has 0 aliphatic heterocycles. The monoisotopic (exact) mass is 347 g/mol. The second-order valence-electron chi connectivity index (χ2n) is 5.20. The molecule has 0 unspecified atom stereocenters. The van der Waals surface area contributed by atoms with Crippen LogP contribution in [0.2, 0.25) is 0 Å². The van der Waals surface area contributed by atoms with Crippen molar-refractivity contribution in [2.24, 2.45) is 0 Å². The Labute approximate surface area is 142 Å². The van der Waals surface area contributed by atoms with Gasteiger partial charge in [0.1, 0.15) is 11.7 Å². The number of carbonyl (C=O) groups excluding carboxylic acids is 2. The zero-order valence-electron chi connectivity index (χ0n) is 13.4. The van der Waals surface area contributed by atoms with Gasteiger partial charge in [-0.05, 0) is 45.0 Å². The summed E-state index contributed by atoms with van der Waals surface area (Å²) in [6.45, 7) is 5.05. The first-order valence-electron chi connectivity index (χ1n) is 7.17. The molecule has 0 aliphatic carbocycles. The molecule has 7 nitrogen and oxygen atoms in total. The highest BCUT2D eigenvalue weighted by molar-refractivity contribution is 7.11. The van der Waals surface area contributed by atoms with Gasteiger partial charge in [-0.3, -0.25) is 14.4 Å². The number of aromatic nitrogens is 1. The van der Waals surface area contributed by atoms with Crippen molar-refractivity contribution in [3.05, 3.63) is 45.4 Å². The van der Waals surface area contributed by atoms with Gasteiger partial charge in [0.05, 0.1) is 5.01 Å². The molecule has 0 saturated heterocycles. The Balaban J connectivity index is 2.04. The molecule has 24 heavy (non-hydrogen) atoms. The maximum Gasteiger partial charge on any atom is 0.325 e. The number of hydrogen-bond donors (Lipinski definition) is 3. The maximum absolute atomic E-state index is 12.2. The van der Waals surface area contributed by atoms with Crippen molar-refractivity contribution in [1.29, 1.82) is 0 Å². The predicted octanol–water partition coefficient (Wildman–Crippen LogP) is 2.22. The van der Waals surface area contributed by atoms with Gasteiger partial charge in [-0.15, -0.1) is 11.3 Å². The van der Waals surface area contributed by atoms with Gasteiger partial charge in [-0.2, -0.15) is 0 Å². The number of nitrogens with zero attached hydrogens (tertiary/aromatic N) is 1. The van der Waals surface area contributed by atoms with E-state index in [0.717, 1.165) is 9.88 Å². The molecule has 2 rings (SSSR count). The normalized spacial score (nSPS) is 11.6. The second kappa shape index (κ2) is 7.22. The van der Waals surface area contributed by atoms with Crippen LogP contribution in [0, 0.1) is 13.8 Å². The van der Waals surface area contributed by atoms with Crippen molar-refractivity contribution in [2.75, 3.05) is 5.32 Å². The average molecular weight is 347 g/mol. The van der Waals surface area contributed by atoms with Crippen LogP contribution >= 0.6 is 11.3 Å². The van der Waals surface area contributed by atoms with Gasteiger partial charge in [-0.1, -0.05) is 0 Å². The lowest BCUT2D eigenvalue weighted by molar-refractivity contribution is -0.138. The standard InChI is InChI=1S/C16H17N3O4S/c1-8(16(22)23)17-14(20)11-4-6-12(7-5-11)19-15(21)13-9(2)24-10(3)18-13/h4-8H,1-3H3,(H,17,20)(H,19,21)(H,22,23)/t8-/m0/s1. The zero-order chi connectivity index (χ0) is 17.9. The van der Waals surface area contributed by atoms with E-state index in [1.165, 1.54) is 30.4 Å². The highest BCUT2D eigenvalue weighted by atomic mass is 32.1. The largest absolute Gasteiger partial charge is 0.480 e. The smallest absolute Gasteiger partial charge is 0.325 e. The van der Waals surface area contributed by atoms with Crippen LogP contribution in [0.25, 0.3) is 0 Å². The van der Waals surface area contributed by atoms with Gasteiger partial charge in [-0.25, -0.2) is 4.98 Å². The van der Waals surface area contributed by atoms with Crippen LogP contribution in [0.5, 0.6) is 0 Å². The Morgan fingerprint density at radius 2 is 1.75 bits per heavy atom. The van der Waals surface area contributed by atoms with E-state index in [9.17, 15) is 14.4 Å². The van der Waals surface area contributed by atoms with Crippen LogP contribution in [0.1, 0.15) is 37.7 Å². The Bertz CT molecular complexity index is 783. The molecule has 0 saturated carbocycles. The van der Waals surface area contributed by atoms with Crippen molar-refractivity contribution in [1.82, 2.24) is 10.3 Å². The van der Waals surface area contributed by atoms with Gasteiger partial charge in [0.25, 0.3) is 11.8 Å². The number of aryl methyl sites for hydroxylation is 2. The van der Waals surface area contributed by atoms with Gasteiger partial charge in [0.15, 0.2) is 0 Å². The van der Waals surface area contributed by atoms with Crippen molar-refractivity contribution < 1.29 is 19.5 Å². The minimum Gasteiger partial charge on any atom is -0.480 e. The van der Waals surface area contributed by atoms with Gasteiger partial charge in [0.2, 0.25) is 0 Å². The Morgan fingerprint density at radius 3 is 2.25 bits per heavy atom. The van der Waals surface area contributed by atoms with Gasteiger partial charge in [0, 0.05) is 16.1 Å². The number of nitrogens with one attached hydrogen (secondary N) is 2. The number of carbonyl (C=O) groups is 3. The first-order valence-corrected chi connectivity index (χ1v) is 7.98. The molecule has 0 fully saturated rings. The summed E-state index contributed by atoms with van der Waals surface area (Å²) >= 11 is 1.45. The maximum atomic E-state index is 12.2. The lowest BCUT2D eigenvalue weighted by Crippen LogP contribution is -2.38. The third-order valence-electron chi connectivity index (χ3n) is 3.24. The molecule has 2 aromatic rings. The lowest BCUT2D eigenvalue weighted by atomic mass is 10.1. The highest BCUT2D eigenvalue weighted by Gasteiger charge is 2.16. The molecule has 126 valence electrons. The third kappa shape index (κ3) is 4.17. The van der Waals surface area contributed by atoms with Crippen molar-refractivity contribution >= 4 is 34.8 Å². The van der Waals surface area contributed by atoms with Crippen LogP contribution in [-0.4, -0.2) is 33.9 Å². The van der Waals surface area contributed by atoms with Crippen LogP contribution in [0.15, 0.2) is 24.3 Å². The van der Waals surface area contributed by atoms with Gasteiger partial charge < -0.3 is 15.7 Å². The molecular formula is C16H17N3O4S. The SMILES string of the molecule is Cc1nc(C(=O)Nc2ccc(C(=O)N[C@@H](C)C(=O)O)cc2)c(C)s1. The summed E-state index contributed by atoms with van der Waals surface area (Å²) in [5.41, 5.74) is 1.21. The Kier molecular flexibility index (Phi) is 5.30. The fraction of sp³-hybridized carbons (Fsp3) is 0.250. The van der Waals surface area contributed by atoms with Crippen molar-refractivity contribution in [3.63, 3.8) is 0 Å². The molecule has 0 radical (unpaired) electrons. The molecule has 0 spiro atoms. The molecule has 0 bridgehead atoms. The second-order valence-corrected chi connectivity index (χ2v) is 6.61. The van der Waals surface area contributed by atoms with Crippen LogP contribution in [0.3, 0.4) is 0 Å². The number of rotatable bonds is 5. The Hall–Kier alpha value is -2.74. The van der Waals surface area contributed by atoms with E-state index in [-0.39, 0.29) is 5.91 Å². The van der Waals surface area contributed by atoms with E-state index in [2.05, 4.69) is 15.6 Å². The van der Waals surface area contributed by atoms with E-state index < -0.39 is 17.9 Å². The van der Waals surface area contributed by atoms with E-state index in [1.807, 2.05) is 13.8 Å². The van der Waals surface area contributed by atoms with Crippen molar-refractivity contribution in [2.45, 2.75) is 26.8 Å². The molecule has 1 heterocycles. The summed E-state index contributed by atoms with van der Waals surface area (Å²) in [6, 6.07) is 5.20. The molecule has 1 aromatic heterocycles. The average Bonchev–Trinajstić information content (AvgIpc) is 2.86.